The van der Waals surface area contributed by atoms with Crippen molar-refractivity contribution in [1.82, 2.24) is 18.8 Å². The Labute approximate surface area is 256 Å². The lowest BCUT2D eigenvalue weighted by molar-refractivity contribution is -0.120. The van der Waals surface area contributed by atoms with Crippen LogP contribution in [-0.4, -0.2) is 75.7 Å². The zero-order valence-corrected chi connectivity index (χ0v) is 26.2. The highest BCUT2D eigenvalue weighted by molar-refractivity contribution is 7.89. The molecule has 3 fully saturated rings. The minimum Gasteiger partial charge on any atom is -0.444 e. The Kier molecular flexibility index (Phi) is 6.61. The molecule has 2 saturated heterocycles. The molecule has 43 heavy (non-hydrogen) atoms. The fourth-order valence-corrected chi connectivity index (χ4v) is 9.06. The SMILES string of the molecule is CC(C)(C)OC(=O)N1C[C@H]2C[C@@H]1CN2S(=O)(=O)CCCn1c(CN2C(=O)C3(CC3)c3ccncc32)cc2cc(Cl)ccc21. The van der Waals surface area contributed by atoms with Crippen molar-refractivity contribution in [2.75, 3.05) is 23.7 Å². The van der Waals surface area contributed by atoms with Gasteiger partial charge in [-0.15, -0.1) is 0 Å². The summed E-state index contributed by atoms with van der Waals surface area (Å²) in [5.41, 5.74) is 2.76. The maximum absolute atomic E-state index is 13.6. The number of aromatic nitrogens is 2. The van der Waals surface area contributed by atoms with Crippen molar-refractivity contribution in [3.63, 3.8) is 0 Å². The van der Waals surface area contributed by atoms with Gasteiger partial charge in [0, 0.05) is 53.5 Å². The van der Waals surface area contributed by atoms with Crippen LogP contribution in [0.3, 0.4) is 0 Å². The third kappa shape index (κ3) is 4.89. The maximum Gasteiger partial charge on any atom is 0.410 e. The Hall–Kier alpha value is -3.15. The number of halogens is 1. The van der Waals surface area contributed by atoms with E-state index in [0.29, 0.717) is 44.0 Å². The fraction of sp³-hybridized carbons (Fsp3) is 0.516. The molecule has 1 aliphatic carbocycles. The lowest BCUT2D eigenvalue weighted by atomic mass is 9.99. The van der Waals surface area contributed by atoms with Crippen LogP contribution in [0.5, 0.6) is 0 Å². The third-order valence-corrected chi connectivity index (χ3v) is 11.4. The minimum atomic E-state index is -3.53. The first-order valence-electron chi connectivity index (χ1n) is 14.9. The Morgan fingerprint density at radius 3 is 2.63 bits per heavy atom. The monoisotopic (exact) mass is 625 g/mol. The molecular weight excluding hydrogens is 590 g/mol. The van der Waals surface area contributed by atoms with Crippen molar-refractivity contribution in [2.45, 2.75) is 82.6 Å². The molecule has 1 spiro atoms. The van der Waals surface area contributed by atoms with Gasteiger partial charge < -0.3 is 19.1 Å². The van der Waals surface area contributed by atoms with Crippen molar-refractivity contribution in [2.24, 2.45) is 0 Å². The predicted octanol–water partition coefficient (Wildman–Crippen LogP) is 4.68. The van der Waals surface area contributed by atoms with E-state index in [1.807, 2.05) is 56.0 Å². The van der Waals surface area contributed by atoms with Gasteiger partial charge in [0.05, 0.1) is 35.6 Å². The molecule has 2 atom stereocenters. The minimum absolute atomic E-state index is 0.00608. The van der Waals surface area contributed by atoms with Gasteiger partial charge in [0.1, 0.15) is 5.60 Å². The zero-order chi connectivity index (χ0) is 30.3. The van der Waals surface area contributed by atoms with Crippen molar-refractivity contribution >= 4 is 50.2 Å². The summed E-state index contributed by atoms with van der Waals surface area (Å²) in [6.07, 6.45) is 5.87. The number of anilines is 1. The molecule has 2 aromatic heterocycles. The molecule has 7 rings (SSSR count). The Morgan fingerprint density at radius 1 is 1.14 bits per heavy atom. The number of hydrogen-bond acceptors (Lipinski definition) is 6. The number of hydrogen-bond donors (Lipinski definition) is 0. The lowest BCUT2D eigenvalue weighted by Gasteiger charge is -2.34. The first-order chi connectivity index (χ1) is 20.4. The molecule has 3 aromatic rings. The second kappa shape index (κ2) is 9.93. The van der Waals surface area contributed by atoms with Gasteiger partial charge in [0.25, 0.3) is 0 Å². The number of piperazine rings is 1. The van der Waals surface area contributed by atoms with Crippen LogP contribution in [0.1, 0.15) is 57.7 Å². The number of amides is 2. The van der Waals surface area contributed by atoms with Crippen molar-refractivity contribution < 1.29 is 22.7 Å². The average molecular weight is 626 g/mol. The van der Waals surface area contributed by atoms with Gasteiger partial charge in [-0.05, 0) is 82.3 Å². The number of fused-ring (bicyclic) bond motifs is 5. The first-order valence-corrected chi connectivity index (χ1v) is 16.9. The molecule has 5 heterocycles. The van der Waals surface area contributed by atoms with Crippen LogP contribution in [-0.2, 0) is 38.1 Å². The summed E-state index contributed by atoms with van der Waals surface area (Å²) in [5.74, 6) is 0.103. The smallest absolute Gasteiger partial charge is 0.410 e. The molecule has 228 valence electrons. The molecule has 0 unspecified atom stereocenters. The molecule has 0 radical (unpaired) electrons. The highest BCUT2D eigenvalue weighted by Gasteiger charge is 2.59. The quantitative estimate of drug-likeness (QED) is 0.378. The number of benzene rings is 1. The summed E-state index contributed by atoms with van der Waals surface area (Å²) in [6.45, 7) is 6.97. The molecule has 2 bridgehead atoms. The molecule has 12 heteroatoms. The maximum atomic E-state index is 13.6. The van der Waals surface area contributed by atoms with Crippen LogP contribution in [0.4, 0.5) is 10.5 Å². The number of pyridine rings is 1. The van der Waals surface area contributed by atoms with Gasteiger partial charge in [-0.2, -0.15) is 4.31 Å². The Balaban J connectivity index is 1.07. The summed E-state index contributed by atoms with van der Waals surface area (Å²) >= 11 is 6.32. The van der Waals surface area contributed by atoms with E-state index in [1.165, 1.54) is 0 Å². The second-order valence-electron chi connectivity index (χ2n) is 13.3. The van der Waals surface area contributed by atoms with E-state index in [9.17, 15) is 18.0 Å². The highest BCUT2D eigenvalue weighted by Crippen LogP contribution is 2.57. The van der Waals surface area contributed by atoms with Gasteiger partial charge in [-0.1, -0.05) is 11.6 Å². The van der Waals surface area contributed by atoms with Crippen molar-refractivity contribution in [3.8, 4) is 0 Å². The number of sulfonamides is 1. The van der Waals surface area contributed by atoms with E-state index in [-0.39, 0.29) is 29.8 Å². The second-order valence-corrected chi connectivity index (χ2v) is 15.7. The highest BCUT2D eigenvalue weighted by atomic mass is 35.5. The van der Waals surface area contributed by atoms with Crippen LogP contribution < -0.4 is 4.90 Å². The molecule has 2 amide bonds. The van der Waals surface area contributed by atoms with Crippen LogP contribution in [0.25, 0.3) is 10.9 Å². The molecule has 10 nitrogen and oxygen atoms in total. The van der Waals surface area contributed by atoms with E-state index in [4.69, 9.17) is 16.3 Å². The number of ether oxygens (including phenoxy) is 1. The first kappa shape index (κ1) is 28.6. The van der Waals surface area contributed by atoms with Gasteiger partial charge in [-0.3, -0.25) is 9.78 Å². The number of nitrogens with zero attached hydrogens (tertiary/aromatic N) is 5. The Morgan fingerprint density at radius 2 is 1.93 bits per heavy atom. The average Bonchev–Trinajstić information content (AvgIpc) is 3.20. The number of carbonyl (C=O) groups excluding carboxylic acids is 2. The van der Waals surface area contributed by atoms with Gasteiger partial charge in [-0.25, -0.2) is 13.2 Å². The number of likely N-dealkylation sites (tertiary alicyclic amines) is 1. The Bertz CT molecular complexity index is 1740. The predicted molar refractivity (Wildman–Crippen MR) is 164 cm³/mol. The fourth-order valence-electron chi connectivity index (χ4n) is 7.15. The topological polar surface area (TPSA) is 105 Å². The molecule has 4 aliphatic rings. The normalized spacial score (nSPS) is 22.7. The van der Waals surface area contributed by atoms with Crippen LogP contribution in [0, 0.1) is 0 Å². The summed E-state index contributed by atoms with van der Waals surface area (Å²) in [6, 6.07) is 9.29. The standard InChI is InChI=1S/C31H36ClN5O5S/c1-30(2,3)42-29(39)35-18-24-15-23(35)19-37(24)43(40,41)12-4-11-34-22(14-20-13-21(32)5-6-26(20)34)17-36-27-16-33-10-7-25(27)31(8-9-31)28(36)38/h5-7,10,13-14,16,23-24H,4,8-9,11-12,15,17-19H2,1-3H3/t23-,24-/m1/s1. The summed E-state index contributed by atoms with van der Waals surface area (Å²) in [7, 11) is -3.53. The van der Waals surface area contributed by atoms with E-state index in [1.54, 1.807) is 21.6 Å². The molecular formula is C31H36ClN5O5S. The summed E-state index contributed by atoms with van der Waals surface area (Å²) < 4.78 is 36.2. The van der Waals surface area contributed by atoms with Gasteiger partial charge in [0.2, 0.25) is 15.9 Å². The number of rotatable bonds is 7. The lowest BCUT2D eigenvalue weighted by Crippen LogP contribution is -2.52. The van der Waals surface area contributed by atoms with E-state index in [2.05, 4.69) is 9.55 Å². The summed E-state index contributed by atoms with van der Waals surface area (Å²) in [4.78, 5) is 34.0. The number of aryl methyl sites for hydroxylation is 1. The molecule has 1 aromatic carbocycles. The van der Waals surface area contributed by atoms with E-state index < -0.39 is 21.0 Å². The van der Waals surface area contributed by atoms with E-state index >= 15 is 0 Å². The van der Waals surface area contributed by atoms with E-state index in [0.717, 1.165) is 40.7 Å². The van der Waals surface area contributed by atoms with Crippen LogP contribution >= 0.6 is 11.6 Å². The van der Waals surface area contributed by atoms with Gasteiger partial charge >= 0.3 is 6.09 Å². The van der Waals surface area contributed by atoms with Crippen LogP contribution in [0.2, 0.25) is 5.02 Å². The van der Waals surface area contributed by atoms with Gasteiger partial charge in [0.15, 0.2) is 0 Å². The zero-order valence-electron chi connectivity index (χ0n) is 24.6. The van der Waals surface area contributed by atoms with Crippen molar-refractivity contribution in [3.05, 3.63) is 59.0 Å². The third-order valence-electron chi connectivity index (χ3n) is 9.24. The van der Waals surface area contributed by atoms with Crippen molar-refractivity contribution in [1.29, 1.82) is 0 Å². The largest absolute Gasteiger partial charge is 0.444 e. The summed E-state index contributed by atoms with van der Waals surface area (Å²) in [5, 5.41) is 1.57. The number of carbonyl (C=O) groups is 2. The molecule has 1 saturated carbocycles. The molecule has 0 N–H and O–H groups in total. The molecule has 3 aliphatic heterocycles. The van der Waals surface area contributed by atoms with Crippen LogP contribution in [0.15, 0.2) is 42.7 Å².